The van der Waals surface area contributed by atoms with E-state index in [9.17, 15) is 0 Å². The molecule has 0 heterocycles. The number of methoxy groups -OCH3 is 1. The van der Waals surface area contributed by atoms with E-state index in [4.69, 9.17) is 12.3 Å². The van der Waals surface area contributed by atoms with Crippen molar-refractivity contribution in [2.45, 2.75) is 0 Å². The number of hydrogen-bond acceptors (Lipinski definition) is 1. The lowest BCUT2D eigenvalue weighted by atomic mass is 10.3. The summed E-state index contributed by atoms with van der Waals surface area (Å²) >= 11 is 2.37. The molecule has 1 atom stereocenters. The molecule has 0 aliphatic heterocycles. The molecule has 0 fully saturated rings. The molecule has 1 nitrogen and oxygen atoms in total. The van der Waals surface area contributed by atoms with E-state index in [0.29, 0.717) is 0 Å². The predicted molar refractivity (Wildman–Crippen MR) is 110 cm³/mol. The van der Waals surface area contributed by atoms with Crippen LogP contribution < -0.4 is 20.7 Å². The minimum absolute atomic E-state index is 0.840. The summed E-state index contributed by atoms with van der Waals surface area (Å²) in [6, 6.07) is 26.7. The molecule has 4 heteroatoms. The minimum Gasteiger partial charge on any atom is -0.493 e. The summed E-state index contributed by atoms with van der Waals surface area (Å²) in [5.74, 6) is 0.840. The Bertz CT molecular complexity index is 809. The van der Waals surface area contributed by atoms with Gasteiger partial charge in [0.1, 0.15) is 10.6 Å². The molecule has 0 N–H and O–H groups in total. The van der Waals surface area contributed by atoms with Gasteiger partial charge in [-0.2, -0.15) is 0 Å². The topological polar surface area (TPSA) is 9.23 Å². The van der Waals surface area contributed by atoms with Gasteiger partial charge < -0.3 is 4.74 Å². The summed E-state index contributed by atoms with van der Waals surface area (Å²) < 4.78 is 6.80. The molecule has 0 aliphatic carbocycles. The maximum absolute atomic E-state index is 7.17. The molecular weight excluding hydrogens is 413 g/mol. The number of rotatable bonds is 4. The van der Waals surface area contributed by atoms with Crippen LogP contribution >= 0.6 is 29.7 Å². The molecule has 3 aromatic rings. The lowest BCUT2D eigenvalue weighted by molar-refractivity contribution is 0.418. The standard InChI is InChI=1S/C19H16BIOP/c1-22-17-12-6-8-14-19(17)23(20,15-9-3-2-4-10-15)18-13-7-5-11-16(18)21/h2-14H,1H3/q+1. The number of hydrogen-bond donors (Lipinski definition) is 0. The summed E-state index contributed by atoms with van der Waals surface area (Å²) in [4.78, 5) is 0. The fourth-order valence-electron chi connectivity index (χ4n) is 2.73. The van der Waals surface area contributed by atoms with Gasteiger partial charge in [-0.25, -0.2) is 0 Å². The van der Waals surface area contributed by atoms with E-state index in [0.717, 1.165) is 16.4 Å². The Morgan fingerprint density at radius 2 is 1.35 bits per heavy atom. The van der Waals surface area contributed by atoms with Gasteiger partial charge in [-0.3, -0.25) is 0 Å². The molecule has 3 aromatic carbocycles. The van der Waals surface area contributed by atoms with Crippen LogP contribution in [0.3, 0.4) is 0 Å². The lowest BCUT2D eigenvalue weighted by Crippen LogP contribution is -2.33. The molecule has 112 valence electrons. The van der Waals surface area contributed by atoms with Gasteiger partial charge in [-0.15, -0.1) is 0 Å². The third-order valence-corrected chi connectivity index (χ3v) is 8.62. The second-order valence-electron chi connectivity index (χ2n) is 5.18. The first-order valence-corrected chi connectivity index (χ1v) is 10.2. The van der Waals surface area contributed by atoms with E-state index in [1.807, 2.05) is 42.5 Å². The lowest BCUT2D eigenvalue weighted by Gasteiger charge is -2.26. The quantitative estimate of drug-likeness (QED) is 0.350. The summed E-state index contributed by atoms with van der Waals surface area (Å²) in [5.41, 5.74) is 0. The average Bonchev–Trinajstić information content (AvgIpc) is 2.62. The first-order valence-electron chi connectivity index (χ1n) is 7.30. The Labute approximate surface area is 152 Å². The van der Waals surface area contributed by atoms with Crippen molar-refractivity contribution in [1.82, 2.24) is 0 Å². The average molecular weight is 429 g/mol. The number of ether oxygens (including phenoxy) is 1. The van der Waals surface area contributed by atoms with Crippen molar-refractivity contribution in [3.63, 3.8) is 0 Å². The normalized spacial score (nSPS) is 13.3. The fraction of sp³-hybridized carbons (Fsp3) is 0.0526. The second-order valence-corrected chi connectivity index (χ2v) is 9.27. The Morgan fingerprint density at radius 3 is 2.00 bits per heavy atom. The van der Waals surface area contributed by atoms with E-state index >= 15 is 0 Å². The van der Waals surface area contributed by atoms with Crippen LogP contribution in [0.4, 0.5) is 0 Å². The molecular formula is C19H16BIOP+. The van der Waals surface area contributed by atoms with Crippen LogP contribution in [0.15, 0.2) is 78.9 Å². The van der Waals surface area contributed by atoms with Gasteiger partial charge >= 0.3 is 7.57 Å². The van der Waals surface area contributed by atoms with Gasteiger partial charge in [0, 0.05) is 0 Å². The van der Waals surface area contributed by atoms with Crippen LogP contribution in [0.5, 0.6) is 5.75 Å². The third-order valence-electron chi connectivity index (χ3n) is 3.86. The number of benzene rings is 3. The highest BCUT2D eigenvalue weighted by molar-refractivity contribution is 14.1. The minimum atomic E-state index is -2.25. The highest BCUT2D eigenvalue weighted by Crippen LogP contribution is 2.53. The highest BCUT2D eigenvalue weighted by atomic mass is 127. The molecule has 0 saturated carbocycles. The van der Waals surface area contributed by atoms with E-state index < -0.39 is 7.14 Å². The Morgan fingerprint density at radius 1 is 0.783 bits per heavy atom. The predicted octanol–water partition coefficient (Wildman–Crippen LogP) is 3.68. The van der Waals surface area contributed by atoms with Crippen molar-refractivity contribution in [3.8, 4) is 5.75 Å². The first-order chi connectivity index (χ1) is 11.2. The molecule has 0 amide bonds. The van der Waals surface area contributed by atoms with Crippen LogP contribution in [0.25, 0.3) is 0 Å². The van der Waals surface area contributed by atoms with Crippen LogP contribution in [-0.4, -0.2) is 14.7 Å². The van der Waals surface area contributed by atoms with E-state index in [1.54, 1.807) is 7.11 Å². The highest BCUT2D eigenvalue weighted by Gasteiger charge is 2.43. The van der Waals surface area contributed by atoms with Crippen LogP contribution in [0.1, 0.15) is 0 Å². The zero-order valence-electron chi connectivity index (χ0n) is 12.8. The van der Waals surface area contributed by atoms with Crippen molar-refractivity contribution < 1.29 is 4.74 Å². The maximum Gasteiger partial charge on any atom is 0.383 e. The SMILES string of the molecule is [B][P+](c1ccccc1)(c1ccccc1I)c1ccccc1OC. The number of para-hydroxylation sites is 1. The van der Waals surface area contributed by atoms with E-state index in [2.05, 4.69) is 59.0 Å². The molecule has 0 spiro atoms. The monoisotopic (exact) mass is 429 g/mol. The fourth-order valence-corrected chi connectivity index (χ4v) is 7.28. The second kappa shape index (κ2) is 7.06. The molecule has 3 rings (SSSR count). The summed E-state index contributed by atoms with van der Waals surface area (Å²) in [6.45, 7) is 0. The van der Waals surface area contributed by atoms with Gasteiger partial charge in [0.25, 0.3) is 0 Å². The van der Waals surface area contributed by atoms with Gasteiger partial charge in [-0.1, -0.05) is 42.5 Å². The van der Waals surface area contributed by atoms with Crippen LogP contribution in [-0.2, 0) is 0 Å². The van der Waals surface area contributed by atoms with Crippen molar-refractivity contribution in [1.29, 1.82) is 0 Å². The molecule has 1 unspecified atom stereocenters. The maximum atomic E-state index is 7.17. The van der Waals surface area contributed by atoms with Crippen LogP contribution in [0, 0.1) is 3.57 Å². The van der Waals surface area contributed by atoms with Gasteiger partial charge in [-0.05, 0) is 59.0 Å². The van der Waals surface area contributed by atoms with Gasteiger partial charge in [0.2, 0.25) is 0 Å². The van der Waals surface area contributed by atoms with Crippen molar-refractivity contribution in [2.24, 2.45) is 0 Å². The van der Waals surface area contributed by atoms with Crippen molar-refractivity contribution >= 4 is 53.2 Å². The Balaban J connectivity index is 2.34. The smallest absolute Gasteiger partial charge is 0.383 e. The number of halogens is 1. The Hall–Kier alpha value is -1.32. The first kappa shape index (κ1) is 16.5. The van der Waals surface area contributed by atoms with Crippen molar-refractivity contribution in [3.05, 3.63) is 82.4 Å². The van der Waals surface area contributed by atoms with Crippen LogP contribution in [0.2, 0.25) is 0 Å². The zero-order chi connectivity index (χ0) is 16.3. The molecule has 0 aromatic heterocycles. The largest absolute Gasteiger partial charge is 0.493 e. The Kier molecular flexibility index (Phi) is 5.08. The van der Waals surface area contributed by atoms with E-state index in [1.165, 1.54) is 8.87 Å². The molecule has 0 saturated heterocycles. The zero-order valence-corrected chi connectivity index (χ0v) is 15.9. The molecule has 2 radical (unpaired) electrons. The summed E-state index contributed by atoms with van der Waals surface area (Å²) in [7, 11) is 6.61. The van der Waals surface area contributed by atoms with Crippen molar-refractivity contribution in [2.75, 3.05) is 7.11 Å². The van der Waals surface area contributed by atoms with Gasteiger partial charge in [0.05, 0.1) is 23.1 Å². The third kappa shape index (κ3) is 3.05. The summed E-state index contributed by atoms with van der Waals surface area (Å²) in [5, 5.41) is 3.39. The van der Waals surface area contributed by atoms with E-state index in [-0.39, 0.29) is 0 Å². The summed E-state index contributed by atoms with van der Waals surface area (Å²) in [6.07, 6.45) is 0. The molecule has 0 bridgehead atoms. The molecule has 23 heavy (non-hydrogen) atoms. The van der Waals surface area contributed by atoms with Gasteiger partial charge in [0.15, 0.2) is 5.75 Å². The molecule has 0 aliphatic rings.